The molecular formula is C9H17NO4. The summed E-state index contributed by atoms with van der Waals surface area (Å²) in [6.07, 6.45) is 0.325. The average Bonchev–Trinajstić information content (AvgIpc) is 2.01. The van der Waals surface area contributed by atoms with Crippen molar-refractivity contribution in [3.8, 4) is 0 Å². The van der Waals surface area contributed by atoms with Crippen LogP contribution >= 0.6 is 0 Å². The number of hydrogen-bond donors (Lipinski definition) is 1. The highest BCUT2D eigenvalue weighted by Gasteiger charge is 2.38. The lowest BCUT2D eigenvalue weighted by molar-refractivity contribution is -0.545. The molecule has 1 aliphatic rings. The van der Waals surface area contributed by atoms with Crippen LogP contribution < -0.4 is 0 Å². The van der Waals surface area contributed by atoms with Gasteiger partial charge in [0.2, 0.25) is 6.04 Å². The van der Waals surface area contributed by atoms with E-state index in [1.165, 1.54) is 0 Å². The van der Waals surface area contributed by atoms with Gasteiger partial charge in [-0.2, -0.15) is 0 Å². The molecule has 1 rings (SSSR count). The van der Waals surface area contributed by atoms with Crippen LogP contribution in [-0.2, 0) is 4.74 Å². The Morgan fingerprint density at radius 1 is 1.64 bits per heavy atom. The second-order valence-corrected chi connectivity index (χ2v) is 4.27. The maximum absolute atomic E-state index is 10.7. The fraction of sp³-hybridized carbons (Fsp3) is 1.00. The lowest BCUT2D eigenvalue weighted by atomic mass is 9.86. The van der Waals surface area contributed by atoms with Gasteiger partial charge in [-0.15, -0.1) is 0 Å². The molecule has 0 unspecified atom stereocenters. The van der Waals surface area contributed by atoms with Crippen molar-refractivity contribution >= 4 is 0 Å². The van der Waals surface area contributed by atoms with Gasteiger partial charge < -0.3 is 9.84 Å². The van der Waals surface area contributed by atoms with E-state index in [9.17, 15) is 15.2 Å². The molecule has 5 heteroatoms. The van der Waals surface area contributed by atoms with Crippen LogP contribution in [0.1, 0.15) is 26.7 Å². The minimum absolute atomic E-state index is 0.0333. The van der Waals surface area contributed by atoms with Crippen molar-refractivity contribution in [3.05, 3.63) is 10.1 Å². The van der Waals surface area contributed by atoms with E-state index in [1.807, 2.05) is 13.8 Å². The Labute approximate surface area is 83.2 Å². The Balaban J connectivity index is 2.59. The largest absolute Gasteiger partial charge is 0.368 e. The third-order valence-corrected chi connectivity index (χ3v) is 2.55. The van der Waals surface area contributed by atoms with Crippen molar-refractivity contribution in [2.24, 2.45) is 11.8 Å². The summed E-state index contributed by atoms with van der Waals surface area (Å²) in [5.74, 6) is 0.349. The molecule has 0 aliphatic carbocycles. The summed E-state index contributed by atoms with van der Waals surface area (Å²) in [5, 5.41) is 19.9. The molecule has 0 radical (unpaired) electrons. The average molecular weight is 203 g/mol. The molecule has 0 aromatic rings. The van der Waals surface area contributed by atoms with Crippen LogP contribution in [0.3, 0.4) is 0 Å². The van der Waals surface area contributed by atoms with Gasteiger partial charge in [0.25, 0.3) is 0 Å². The zero-order valence-electron chi connectivity index (χ0n) is 8.55. The zero-order chi connectivity index (χ0) is 10.7. The molecule has 1 saturated heterocycles. The van der Waals surface area contributed by atoms with E-state index in [0.717, 1.165) is 6.42 Å². The van der Waals surface area contributed by atoms with Gasteiger partial charge in [-0.1, -0.05) is 13.8 Å². The maximum Gasteiger partial charge on any atom is 0.239 e. The normalized spacial score (nSPS) is 33.3. The van der Waals surface area contributed by atoms with Crippen molar-refractivity contribution in [1.29, 1.82) is 0 Å². The van der Waals surface area contributed by atoms with Crippen molar-refractivity contribution < 1.29 is 14.8 Å². The van der Waals surface area contributed by atoms with Gasteiger partial charge in [0.15, 0.2) is 6.29 Å². The molecule has 0 amide bonds. The fourth-order valence-electron chi connectivity index (χ4n) is 1.92. The number of nitro groups is 1. The molecule has 0 bridgehead atoms. The van der Waals surface area contributed by atoms with Crippen LogP contribution in [-0.4, -0.2) is 29.0 Å². The highest BCUT2D eigenvalue weighted by molar-refractivity contribution is 4.76. The van der Waals surface area contributed by atoms with Crippen LogP contribution in [0.25, 0.3) is 0 Å². The van der Waals surface area contributed by atoms with Crippen LogP contribution in [0.15, 0.2) is 0 Å². The third-order valence-electron chi connectivity index (χ3n) is 2.55. The van der Waals surface area contributed by atoms with Crippen LogP contribution in [0.2, 0.25) is 0 Å². The van der Waals surface area contributed by atoms with Gasteiger partial charge in [0, 0.05) is 17.3 Å². The minimum atomic E-state index is -0.824. The second-order valence-electron chi connectivity index (χ2n) is 4.27. The molecule has 5 nitrogen and oxygen atoms in total. The molecule has 3 atom stereocenters. The van der Waals surface area contributed by atoms with Crippen molar-refractivity contribution in [3.63, 3.8) is 0 Å². The van der Waals surface area contributed by atoms with Gasteiger partial charge >= 0.3 is 0 Å². The molecular weight excluding hydrogens is 186 g/mol. The molecule has 0 spiro atoms. The maximum atomic E-state index is 10.7. The summed E-state index contributed by atoms with van der Waals surface area (Å²) in [4.78, 5) is 10.4. The number of nitrogens with zero attached hydrogens (tertiary/aromatic N) is 1. The first kappa shape index (κ1) is 11.4. The quantitative estimate of drug-likeness (QED) is 0.549. The van der Waals surface area contributed by atoms with E-state index in [4.69, 9.17) is 4.74 Å². The van der Waals surface area contributed by atoms with Crippen LogP contribution in [0, 0.1) is 22.0 Å². The smallest absolute Gasteiger partial charge is 0.239 e. The SMILES string of the molecule is CC(C)C[C@@H]1C[C@@H](O)OC[C@H]1[N+](=O)[O-]. The first-order valence-electron chi connectivity index (χ1n) is 4.94. The van der Waals surface area contributed by atoms with E-state index in [0.29, 0.717) is 12.3 Å². The Hall–Kier alpha value is -0.680. The summed E-state index contributed by atoms with van der Waals surface area (Å²) < 4.78 is 4.88. The molecule has 1 heterocycles. The standard InChI is InChI=1S/C9H17NO4/c1-6(2)3-7-4-9(11)14-5-8(7)10(12)13/h6-9,11H,3-5H2,1-2H3/t7-,8-,9+/m1/s1. The summed E-state index contributed by atoms with van der Waals surface area (Å²) in [5.41, 5.74) is 0. The number of aliphatic hydroxyl groups excluding tert-OH is 1. The molecule has 14 heavy (non-hydrogen) atoms. The first-order valence-corrected chi connectivity index (χ1v) is 4.94. The minimum Gasteiger partial charge on any atom is -0.368 e. The Morgan fingerprint density at radius 3 is 2.79 bits per heavy atom. The molecule has 1 aliphatic heterocycles. The molecule has 0 aromatic heterocycles. The Bertz CT molecular complexity index is 205. The monoisotopic (exact) mass is 203 g/mol. The van der Waals surface area contributed by atoms with E-state index in [-0.39, 0.29) is 17.4 Å². The highest BCUT2D eigenvalue weighted by Crippen LogP contribution is 2.27. The van der Waals surface area contributed by atoms with Crippen LogP contribution in [0.4, 0.5) is 0 Å². The van der Waals surface area contributed by atoms with Gasteiger partial charge in [-0.05, 0) is 12.3 Å². The zero-order valence-corrected chi connectivity index (χ0v) is 8.55. The fourth-order valence-corrected chi connectivity index (χ4v) is 1.92. The Kier molecular flexibility index (Phi) is 3.83. The number of aliphatic hydroxyl groups is 1. The van der Waals surface area contributed by atoms with E-state index >= 15 is 0 Å². The molecule has 1 N–H and O–H groups in total. The van der Waals surface area contributed by atoms with E-state index in [2.05, 4.69) is 0 Å². The van der Waals surface area contributed by atoms with Crippen LogP contribution in [0.5, 0.6) is 0 Å². The first-order chi connectivity index (χ1) is 6.50. The summed E-state index contributed by atoms with van der Waals surface area (Å²) in [6, 6.07) is -0.652. The van der Waals surface area contributed by atoms with Gasteiger partial charge in [0.05, 0.1) is 0 Å². The second kappa shape index (κ2) is 4.70. The van der Waals surface area contributed by atoms with Gasteiger partial charge in [-0.25, -0.2) is 0 Å². The summed E-state index contributed by atoms with van der Waals surface area (Å²) in [7, 11) is 0. The van der Waals surface area contributed by atoms with E-state index < -0.39 is 12.3 Å². The molecule has 0 aromatic carbocycles. The van der Waals surface area contributed by atoms with Gasteiger partial charge in [0.1, 0.15) is 6.61 Å². The van der Waals surface area contributed by atoms with Gasteiger partial charge in [-0.3, -0.25) is 10.1 Å². The number of rotatable bonds is 3. The molecule has 0 saturated carbocycles. The van der Waals surface area contributed by atoms with Crippen molar-refractivity contribution in [2.45, 2.75) is 39.0 Å². The summed E-state index contributed by atoms with van der Waals surface area (Å²) >= 11 is 0. The third kappa shape index (κ3) is 2.92. The molecule has 1 fully saturated rings. The predicted molar refractivity (Wildman–Crippen MR) is 50.3 cm³/mol. The number of hydrogen-bond acceptors (Lipinski definition) is 4. The predicted octanol–water partition coefficient (Wildman–Crippen LogP) is 1.03. The lowest BCUT2D eigenvalue weighted by Crippen LogP contribution is -2.42. The molecule has 82 valence electrons. The highest BCUT2D eigenvalue weighted by atomic mass is 16.6. The van der Waals surface area contributed by atoms with Crippen molar-refractivity contribution in [2.75, 3.05) is 6.61 Å². The van der Waals surface area contributed by atoms with E-state index in [1.54, 1.807) is 0 Å². The summed E-state index contributed by atoms with van der Waals surface area (Å²) in [6.45, 7) is 4.09. The number of ether oxygens (including phenoxy) is 1. The topological polar surface area (TPSA) is 72.6 Å². The lowest BCUT2D eigenvalue weighted by Gasteiger charge is -2.29. The Morgan fingerprint density at radius 2 is 2.29 bits per heavy atom. The van der Waals surface area contributed by atoms with Crippen molar-refractivity contribution in [1.82, 2.24) is 0 Å².